The van der Waals surface area contributed by atoms with Crippen LogP contribution in [0.5, 0.6) is 0 Å². The number of fused-ring (bicyclic) bond motifs is 1. The molecule has 0 aliphatic heterocycles. The first kappa shape index (κ1) is 12.7. The summed E-state index contributed by atoms with van der Waals surface area (Å²) in [6, 6.07) is 0. The lowest BCUT2D eigenvalue weighted by atomic mass is 9.70. The summed E-state index contributed by atoms with van der Waals surface area (Å²) in [4.78, 5) is 13.4. The Morgan fingerprint density at radius 3 is 2.13 bits per heavy atom. The molecule has 0 spiro atoms. The number of ketones is 1. The fourth-order valence-electron chi connectivity index (χ4n) is 2.70. The number of hydrogen-bond donors (Lipinski definition) is 0. The Morgan fingerprint density at radius 1 is 1.00 bits per heavy atom. The van der Waals surface area contributed by atoms with E-state index in [2.05, 4.69) is 0 Å². The van der Waals surface area contributed by atoms with Crippen LogP contribution in [0.3, 0.4) is 0 Å². The van der Waals surface area contributed by atoms with E-state index in [0.717, 1.165) is 12.3 Å². The predicted octanol–water partition coefficient (Wildman–Crippen LogP) is 2.72. The lowest BCUT2D eigenvalue weighted by Gasteiger charge is -2.33. The third kappa shape index (κ3) is 4.33. The smallest absolute Gasteiger partial charge is 0.136 e. The average Bonchev–Trinajstić information content (AvgIpc) is 2.18. The molecule has 0 amide bonds. The van der Waals surface area contributed by atoms with Gasteiger partial charge >= 0.3 is 0 Å². The van der Waals surface area contributed by atoms with Crippen LogP contribution in [0, 0.1) is 11.8 Å². The number of carbonyl (C=O) groups excluding carboxylic acids is 1. The molecule has 2 fully saturated rings. The molecule has 2 aliphatic rings. The molecular weight excluding hydrogens is 186 g/mol. The van der Waals surface area contributed by atoms with Gasteiger partial charge < -0.3 is 4.90 Å². The topological polar surface area (TPSA) is 20.3 Å². The van der Waals surface area contributed by atoms with Crippen molar-refractivity contribution in [1.29, 1.82) is 0 Å². The zero-order valence-corrected chi connectivity index (χ0v) is 10.5. The van der Waals surface area contributed by atoms with Crippen LogP contribution in [0.4, 0.5) is 0 Å². The van der Waals surface area contributed by atoms with Crippen molar-refractivity contribution in [2.75, 3.05) is 21.1 Å². The Morgan fingerprint density at radius 2 is 1.53 bits per heavy atom. The van der Waals surface area contributed by atoms with E-state index in [1.165, 1.54) is 38.5 Å². The lowest BCUT2D eigenvalue weighted by Crippen LogP contribution is -2.30. The summed E-state index contributed by atoms with van der Waals surface area (Å²) in [7, 11) is 6.00. The van der Waals surface area contributed by atoms with Gasteiger partial charge in [-0.15, -0.1) is 0 Å². The zero-order chi connectivity index (χ0) is 11.3. The van der Waals surface area contributed by atoms with Crippen LogP contribution in [-0.4, -0.2) is 31.8 Å². The SMILES string of the molecule is CN(C)C.O=C1CCCC2CCCCC12. The minimum Gasteiger partial charge on any atom is -0.312 e. The Kier molecular flexibility index (Phi) is 5.30. The van der Waals surface area contributed by atoms with Gasteiger partial charge in [0.05, 0.1) is 0 Å². The van der Waals surface area contributed by atoms with Gasteiger partial charge in [0.2, 0.25) is 0 Å². The van der Waals surface area contributed by atoms with Crippen LogP contribution in [0.15, 0.2) is 0 Å². The number of Topliss-reactive ketones (excluding diaryl/α,β-unsaturated/α-hetero) is 1. The predicted molar refractivity (Wildman–Crippen MR) is 63.9 cm³/mol. The molecule has 0 saturated heterocycles. The number of hydrogen-bond acceptors (Lipinski definition) is 2. The molecule has 2 heteroatoms. The van der Waals surface area contributed by atoms with Crippen molar-refractivity contribution in [3.8, 4) is 0 Å². The summed E-state index contributed by atoms with van der Waals surface area (Å²) < 4.78 is 0. The first-order chi connectivity index (χ1) is 7.11. The van der Waals surface area contributed by atoms with Gasteiger partial charge in [-0.25, -0.2) is 0 Å². The number of nitrogens with zero attached hydrogens (tertiary/aromatic N) is 1. The van der Waals surface area contributed by atoms with Gasteiger partial charge in [0.25, 0.3) is 0 Å². The summed E-state index contributed by atoms with van der Waals surface area (Å²) in [5.74, 6) is 1.84. The molecule has 2 nitrogen and oxygen atoms in total. The van der Waals surface area contributed by atoms with Gasteiger partial charge in [-0.3, -0.25) is 4.79 Å². The fraction of sp³-hybridized carbons (Fsp3) is 0.923. The number of carbonyl (C=O) groups is 1. The van der Waals surface area contributed by atoms with Crippen molar-refractivity contribution in [1.82, 2.24) is 4.90 Å². The molecule has 2 rings (SSSR count). The van der Waals surface area contributed by atoms with Crippen molar-refractivity contribution in [2.24, 2.45) is 11.8 Å². The van der Waals surface area contributed by atoms with Crippen molar-refractivity contribution in [3.05, 3.63) is 0 Å². The quantitative estimate of drug-likeness (QED) is 0.614. The van der Waals surface area contributed by atoms with Crippen LogP contribution < -0.4 is 0 Å². The maximum atomic E-state index is 11.4. The zero-order valence-electron chi connectivity index (χ0n) is 10.5. The maximum Gasteiger partial charge on any atom is 0.136 e. The van der Waals surface area contributed by atoms with E-state index in [1.54, 1.807) is 0 Å². The average molecular weight is 211 g/mol. The van der Waals surface area contributed by atoms with E-state index in [0.29, 0.717) is 11.7 Å². The third-order valence-electron chi connectivity index (χ3n) is 3.32. The summed E-state index contributed by atoms with van der Waals surface area (Å²) in [5, 5.41) is 0. The molecule has 88 valence electrons. The Balaban J connectivity index is 0.000000245. The molecule has 2 aliphatic carbocycles. The molecule has 0 aromatic rings. The highest BCUT2D eigenvalue weighted by molar-refractivity contribution is 5.82. The van der Waals surface area contributed by atoms with E-state index in [-0.39, 0.29) is 0 Å². The molecule has 2 atom stereocenters. The third-order valence-corrected chi connectivity index (χ3v) is 3.32. The Bertz CT molecular complexity index is 196. The van der Waals surface area contributed by atoms with Crippen molar-refractivity contribution in [2.45, 2.75) is 44.9 Å². The van der Waals surface area contributed by atoms with Crippen LogP contribution in [0.2, 0.25) is 0 Å². The van der Waals surface area contributed by atoms with Gasteiger partial charge in [0, 0.05) is 12.3 Å². The second-order valence-corrected chi connectivity index (χ2v) is 5.35. The summed E-state index contributed by atoms with van der Waals surface area (Å²) in [6.45, 7) is 0. The maximum absolute atomic E-state index is 11.4. The van der Waals surface area contributed by atoms with Crippen LogP contribution in [-0.2, 0) is 4.79 Å². The monoisotopic (exact) mass is 211 g/mol. The molecular formula is C13H25NO. The van der Waals surface area contributed by atoms with Crippen LogP contribution in [0.25, 0.3) is 0 Å². The van der Waals surface area contributed by atoms with Gasteiger partial charge in [-0.2, -0.15) is 0 Å². The first-order valence-electron chi connectivity index (χ1n) is 6.25. The van der Waals surface area contributed by atoms with Crippen molar-refractivity contribution in [3.63, 3.8) is 0 Å². The molecule has 0 aromatic heterocycles. The molecule has 15 heavy (non-hydrogen) atoms. The number of rotatable bonds is 0. The first-order valence-corrected chi connectivity index (χ1v) is 6.25. The minimum absolute atomic E-state index is 0.484. The van der Waals surface area contributed by atoms with Gasteiger partial charge in [0.1, 0.15) is 5.78 Å². The summed E-state index contributed by atoms with van der Waals surface area (Å²) in [5.41, 5.74) is 0. The summed E-state index contributed by atoms with van der Waals surface area (Å²) >= 11 is 0. The highest BCUT2D eigenvalue weighted by atomic mass is 16.1. The fourth-order valence-corrected chi connectivity index (χ4v) is 2.70. The molecule has 0 radical (unpaired) electrons. The molecule has 0 N–H and O–H groups in total. The molecule has 0 aromatic carbocycles. The molecule has 0 bridgehead atoms. The van der Waals surface area contributed by atoms with Gasteiger partial charge in [-0.05, 0) is 52.7 Å². The highest BCUT2D eigenvalue weighted by Crippen LogP contribution is 2.38. The normalized spacial score (nSPS) is 30.5. The Hall–Kier alpha value is -0.370. The Labute approximate surface area is 94.0 Å². The van der Waals surface area contributed by atoms with E-state index < -0.39 is 0 Å². The standard InChI is InChI=1S/C10H16O.C3H9N/c11-10-7-3-5-8-4-1-2-6-9(8)10;1-4(2)3/h8-9H,1-7H2;1-3H3. The second-order valence-electron chi connectivity index (χ2n) is 5.35. The van der Waals surface area contributed by atoms with Gasteiger partial charge in [0.15, 0.2) is 0 Å². The van der Waals surface area contributed by atoms with Crippen LogP contribution >= 0.6 is 0 Å². The van der Waals surface area contributed by atoms with Crippen molar-refractivity contribution < 1.29 is 4.79 Å². The highest BCUT2D eigenvalue weighted by Gasteiger charge is 2.32. The lowest BCUT2D eigenvalue weighted by molar-refractivity contribution is -0.127. The molecule has 2 saturated carbocycles. The molecule has 0 heterocycles. The van der Waals surface area contributed by atoms with Crippen LogP contribution in [0.1, 0.15) is 44.9 Å². The second kappa shape index (κ2) is 6.26. The molecule has 2 unspecified atom stereocenters. The van der Waals surface area contributed by atoms with Gasteiger partial charge in [-0.1, -0.05) is 12.8 Å². The summed E-state index contributed by atoms with van der Waals surface area (Å²) in [6.07, 6.45) is 8.57. The van der Waals surface area contributed by atoms with E-state index in [4.69, 9.17) is 0 Å². The largest absolute Gasteiger partial charge is 0.312 e. The van der Waals surface area contributed by atoms with Crippen molar-refractivity contribution >= 4 is 5.78 Å². The minimum atomic E-state index is 0.484. The van der Waals surface area contributed by atoms with E-state index in [9.17, 15) is 4.79 Å². The van der Waals surface area contributed by atoms with E-state index in [1.807, 2.05) is 26.0 Å². The van der Waals surface area contributed by atoms with E-state index >= 15 is 0 Å².